The number of ether oxygens (including phenoxy) is 1. The molecule has 25 heavy (non-hydrogen) atoms. The second-order valence-electron chi connectivity index (χ2n) is 6.45. The van der Waals surface area contributed by atoms with Crippen molar-refractivity contribution in [3.05, 3.63) is 28.8 Å². The van der Waals surface area contributed by atoms with E-state index in [1.807, 2.05) is 19.1 Å². The van der Waals surface area contributed by atoms with Crippen molar-refractivity contribution in [3.63, 3.8) is 0 Å². The monoisotopic (exact) mass is 366 g/mol. The lowest BCUT2D eigenvalue weighted by atomic mass is 10.1. The molecule has 1 fully saturated rings. The Labute approximate surface area is 154 Å². The summed E-state index contributed by atoms with van der Waals surface area (Å²) in [4.78, 5) is 26.2. The lowest BCUT2D eigenvalue weighted by Crippen LogP contribution is -2.33. The second-order valence-corrected chi connectivity index (χ2v) is 6.86. The second kappa shape index (κ2) is 9.78. The van der Waals surface area contributed by atoms with E-state index in [0.29, 0.717) is 24.7 Å². The predicted molar refractivity (Wildman–Crippen MR) is 100 cm³/mol. The third-order valence-corrected chi connectivity index (χ3v) is 4.78. The van der Waals surface area contributed by atoms with Crippen molar-refractivity contribution in [2.24, 2.45) is 5.92 Å². The van der Waals surface area contributed by atoms with Crippen molar-refractivity contribution in [1.29, 1.82) is 0 Å². The number of benzene rings is 1. The molecule has 2 rings (SSSR count). The SMILES string of the molecule is CCCCOCCCNC(=O)[C@H]1CC(=O)N(c2ccc(C)c(Cl)c2)C1. The summed E-state index contributed by atoms with van der Waals surface area (Å²) in [5.74, 6) is -0.417. The van der Waals surface area contributed by atoms with E-state index in [0.717, 1.165) is 37.1 Å². The summed E-state index contributed by atoms with van der Waals surface area (Å²) in [5, 5.41) is 3.53. The number of hydrogen-bond donors (Lipinski definition) is 1. The Morgan fingerprint density at radius 2 is 2.12 bits per heavy atom. The topological polar surface area (TPSA) is 58.6 Å². The summed E-state index contributed by atoms with van der Waals surface area (Å²) in [6.07, 6.45) is 3.21. The molecule has 1 heterocycles. The Hall–Kier alpha value is -1.59. The molecule has 1 aliphatic heterocycles. The number of unbranched alkanes of at least 4 members (excludes halogenated alkanes) is 1. The summed E-state index contributed by atoms with van der Waals surface area (Å²) in [5.41, 5.74) is 1.72. The van der Waals surface area contributed by atoms with E-state index in [4.69, 9.17) is 16.3 Å². The van der Waals surface area contributed by atoms with Crippen LogP contribution < -0.4 is 10.2 Å². The highest BCUT2D eigenvalue weighted by molar-refractivity contribution is 6.31. The highest BCUT2D eigenvalue weighted by Gasteiger charge is 2.35. The van der Waals surface area contributed by atoms with Gasteiger partial charge in [-0.3, -0.25) is 9.59 Å². The lowest BCUT2D eigenvalue weighted by molar-refractivity contribution is -0.126. The molecule has 138 valence electrons. The van der Waals surface area contributed by atoms with Gasteiger partial charge in [0.2, 0.25) is 11.8 Å². The first-order valence-electron chi connectivity index (χ1n) is 8.95. The average Bonchev–Trinajstić information content (AvgIpc) is 2.98. The molecule has 5 nitrogen and oxygen atoms in total. The maximum atomic E-state index is 12.3. The zero-order chi connectivity index (χ0) is 18.2. The number of aryl methyl sites for hydroxylation is 1. The minimum atomic E-state index is -0.311. The maximum Gasteiger partial charge on any atom is 0.227 e. The van der Waals surface area contributed by atoms with E-state index in [1.165, 1.54) is 0 Å². The van der Waals surface area contributed by atoms with Gasteiger partial charge >= 0.3 is 0 Å². The first-order chi connectivity index (χ1) is 12.0. The van der Waals surface area contributed by atoms with Crippen LogP contribution in [0.3, 0.4) is 0 Å². The van der Waals surface area contributed by atoms with Gasteiger partial charge in [0.15, 0.2) is 0 Å². The van der Waals surface area contributed by atoms with Crippen LogP contribution in [0, 0.1) is 12.8 Å². The maximum absolute atomic E-state index is 12.3. The van der Waals surface area contributed by atoms with Gasteiger partial charge in [-0.1, -0.05) is 31.0 Å². The van der Waals surface area contributed by atoms with Gasteiger partial charge in [0.1, 0.15) is 0 Å². The molecule has 1 aromatic carbocycles. The van der Waals surface area contributed by atoms with Gasteiger partial charge in [0.25, 0.3) is 0 Å². The van der Waals surface area contributed by atoms with E-state index in [2.05, 4.69) is 12.2 Å². The molecule has 1 atom stereocenters. The quantitative estimate of drug-likeness (QED) is 0.682. The standard InChI is InChI=1S/C19H27ClN2O3/c1-3-4-9-25-10-5-8-21-19(24)15-11-18(23)22(13-15)16-7-6-14(2)17(20)12-16/h6-7,12,15H,3-5,8-11,13H2,1-2H3,(H,21,24)/t15-/m0/s1. The molecular weight excluding hydrogens is 340 g/mol. The molecule has 0 radical (unpaired) electrons. The van der Waals surface area contributed by atoms with Crippen LogP contribution in [0.4, 0.5) is 5.69 Å². The van der Waals surface area contributed by atoms with E-state index in [-0.39, 0.29) is 24.2 Å². The summed E-state index contributed by atoms with van der Waals surface area (Å²) >= 11 is 6.14. The Morgan fingerprint density at radius 3 is 2.84 bits per heavy atom. The van der Waals surface area contributed by atoms with Gasteiger partial charge in [-0.2, -0.15) is 0 Å². The molecule has 1 saturated heterocycles. The lowest BCUT2D eigenvalue weighted by Gasteiger charge is -2.17. The summed E-state index contributed by atoms with van der Waals surface area (Å²) in [7, 11) is 0. The molecule has 1 aliphatic rings. The number of rotatable bonds is 9. The molecule has 0 aromatic heterocycles. The van der Waals surface area contributed by atoms with E-state index >= 15 is 0 Å². The molecule has 6 heteroatoms. The average molecular weight is 367 g/mol. The van der Waals surface area contributed by atoms with Crippen molar-refractivity contribution in [3.8, 4) is 0 Å². The Balaban J connectivity index is 1.77. The van der Waals surface area contributed by atoms with Crippen LogP contribution >= 0.6 is 11.6 Å². The number of anilines is 1. The highest BCUT2D eigenvalue weighted by Crippen LogP contribution is 2.28. The molecule has 2 amide bonds. The van der Waals surface area contributed by atoms with Crippen LogP contribution in [-0.2, 0) is 14.3 Å². The molecule has 0 aliphatic carbocycles. The number of nitrogens with zero attached hydrogens (tertiary/aromatic N) is 1. The normalized spacial score (nSPS) is 17.2. The fourth-order valence-corrected chi connectivity index (χ4v) is 2.94. The highest BCUT2D eigenvalue weighted by atomic mass is 35.5. The van der Waals surface area contributed by atoms with Gasteiger partial charge in [-0.25, -0.2) is 0 Å². The smallest absolute Gasteiger partial charge is 0.227 e. The van der Waals surface area contributed by atoms with Crippen LogP contribution in [0.2, 0.25) is 5.02 Å². The van der Waals surface area contributed by atoms with Crippen molar-refractivity contribution in [2.45, 2.75) is 39.5 Å². The van der Waals surface area contributed by atoms with E-state index in [9.17, 15) is 9.59 Å². The van der Waals surface area contributed by atoms with Gasteiger partial charge in [0, 0.05) is 43.4 Å². The molecule has 0 spiro atoms. The number of hydrogen-bond acceptors (Lipinski definition) is 3. The zero-order valence-corrected chi connectivity index (χ0v) is 15.8. The van der Waals surface area contributed by atoms with Crippen LogP contribution in [-0.4, -0.2) is 38.1 Å². The van der Waals surface area contributed by atoms with Gasteiger partial charge in [-0.15, -0.1) is 0 Å². The molecule has 0 saturated carbocycles. The van der Waals surface area contributed by atoms with E-state index < -0.39 is 0 Å². The minimum Gasteiger partial charge on any atom is -0.381 e. The molecule has 0 unspecified atom stereocenters. The van der Waals surface area contributed by atoms with Gasteiger partial charge < -0.3 is 15.0 Å². The molecule has 0 bridgehead atoms. The van der Waals surface area contributed by atoms with Crippen LogP contribution in [0.5, 0.6) is 0 Å². The van der Waals surface area contributed by atoms with Gasteiger partial charge in [0.05, 0.1) is 5.92 Å². The van der Waals surface area contributed by atoms with Crippen molar-refractivity contribution in [1.82, 2.24) is 5.32 Å². The predicted octanol–water partition coefficient (Wildman–Crippen LogP) is 3.32. The van der Waals surface area contributed by atoms with Gasteiger partial charge in [-0.05, 0) is 37.5 Å². The summed E-state index contributed by atoms with van der Waals surface area (Å²) in [6, 6.07) is 5.53. The van der Waals surface area contributed by atoms with Crippen molar-refractivity contribution >= 4 is 29.1 Å². The van der Waals surface area contributed by atoms with Crippen LogP contribution in [0.1, 0.15) is 38.2 Å². The summed E-state index contributed by atoms with van der Waals surface area (Å²) < 4.78 is 5.47. The Kier molecular flexibility index (Phi) is 7.72. The van der Waals surface area contributed by atoms with E-state index in [1.54, 1.807) is 11.0 Å². The molecule has 1 aromatic rings. The number of amides is 2. The van der Waals surface area contributed by atoms with Crippen molar-refractivity contribution in [2.75, 3.05) is 31.2 Å². The Bertz CT molecular complexity index is 606. The Morgan fingerprint density at radius 1 is 1.36 bits per heavy atom. The van der Waals surface area contributed by atoms with Crippen LogP contribution in [0.25, 0.3) is 0 Å². The third-order valence-electron chi connectivity index (χ3n) is 4.37. The minimum absolute atomic E-state index is 0.0389. The number of halogens is 1. The largest absolute Gasteiger partial charge is 0.381 e. The summed E-state index contributed by atoms with van der Waals surface area (Å²) in [6.45, 7) is 6.44. The number of carbonyl (C=O) groups excluding carboxylic acids is 2. The first-order valence-corrected chi connectivity index (χ1v) is 9.32. The number of nitrogens with one attached hydrogen (secondary N) is 1. The molecular formula is C19H27ClN2O3. The number of carbonyl (C=O) groups is 2. The zero-order valence-electron chi connectivity index (χ0n) is 15.0. The molecule has 1 N–H and O–H groups in total. The fraction of sp³-hybridized carbons (Fsp3) is 0.579. The fourth-order valence-electron chi connectivity index (χ4n) is 2.76. The van der Waals surface area contributed by atoms with Crippen molar-refractivity contribution < 1.29 is 14.3 Å². The third kappa shape index (κ3) is 5.72. The first kappa shape index (κ1) is 19.7. The van der Waals surface area contributed by atoms with Crippen LogP contribution in [0.15, 0.2) is 18.2 Å².